The molecule has 0 bridgehead atoms. The highest BCUT2D eigenvalue weighted by atomic mass is 16.4. The Morgan fingerprint density at radius 3 is 2.54 bits per heavy atom. The average molecular weight is 328 g/mol. The van der Waals surface area contributed by atoms with Gasteiger partial charge in [-0.25, -0.2) is 4.79 Å². The van der Waals surface area contributed by atoms with E-state index in [1.54, 1.807) is 14.0 Å². The second kappa shape index (κ2) is 5.30. The number of aromatic nitrogens is 2. The molecule has 1 aromatic carbocycles. The number of fused-ring (bicyclic) bond motifs is 1. The van der Waals surface area contributed by atoms with Crippen LogP contribution >= 0.6 is 0 Å². The number of hydrogen-bond acceptors (Lipinski definition) is 5. The van der Waals surface area contributed by atoms with E-state index in [-0.39, 0.29) is 28.1 Å². The number of hydrogen-bond donors (Lipinski definition) is 3. The fourth-order valence-electron chi connectivity index (χ4n) is 2.40. The Balaban J connectivity index is 1.95. The van der Waals surface area contributed by atoms with Gasteiger partial charge in [0.15, 0.2) is 5.69 Å². The molecule has 0 saturated heterocycles. The van der Waals surface area contributed by atoms with E-state index in [0.29, 0.717) is 5.69 Å². The van der Waals surface area contributed by atoms with Gasteiger partial charge >= 0.3 is 5.97 Å². The number of carboxylic acids is 1. The van der Waals surface area contributed by atoms with Crippen LogP contribution in [0.25, 0.3) is 0 Å². The van der Waals surface area contributed by atoms with Gasteiger partial charge in [-0.05, 0) is 25.1 Å². The largest absolute Gasteiger partial charge is 0.476 e. The van der Waals surface area contributed by atoms with Crippen LogP contribution in [0.1, 0.15) is 47.3 Å². The van der Waals surface area contributed by atoms with Crippen molar-refractivity contribution in [1.82, 2.24) is 15.1 Å². The molecule has 1 aliphatic heterocycles. The molecule has 0 atom stereocenters. The summed E-state index contributed by atoms with van der Waals surface area (Å²) in [6.07, 6.45) is 0. The van der Waals surface area contributed by atoms with Crippen LogP contribution in [0.15, 0.2) is 18.2 Å². The normalized spacial score (nSPS) is 12.8. The molecular formula is C15H12N4O5. The van der Waals surface area contributed by atoms with Crippen molar-refractivity contribution < 1.29 is 24.3 Å². The number of amides is 3. The predicted molar refractivity (Wildman–Crippen MR) is 81.1 cm³/mol. The topological polar surface area (TPSA) is 130 Å². The van der Waals surface area contributed by atoms with Gasteiger partial charge in [-0.15, -0.1) is 0 Å². The molecule has 3 N–H and O–H groups in total. The number of carbonyl (C=O) groups excluding carboxylic acids is 3. The third kappa shape index (κ3) is 2.32. The maximum absolute atomic E-state index is 12.4. The standard InChI is InChI=1S/C15H12N4O5/c1-6-10(11(15(23)24)18-19(6)2)16-12(20)7-3-4-8-9(5-7)14(22)17-13(8)21/h3-5H,1-2H3,(H,16,20)(H,23,24)(H,17,21,22). The van der Waals surface area contributed by atoms with Crippen LogP contribution in [0.3, 0.4) is 0 Å². The zero-order chi connectivity index (χ0) is 17.6. The summed E-state index contributed by atoms with van der Waals surface area (Å²) in [6, 6.07) is 4.05. The van der Waals surface area contributed by atoms with Gasteiger partial charge in [0.25, 0.3) is 17.7 Å². The van der Waals surface area contributed by atoms with E-state index in [9.17, 15) is 19.2 Å². The van der Waals surface area contributed by atoms with Gasteiger partial charge in [0, 0.05) is 12.6 Å². The highest BCUT2D eigenvalue weighted by Gasteiger charge is 2.28. The van der Waals surface area contributed by atoms with E-state index in [0.717, 1.165) is 0 Å². The molecule has 3 rings (SSSR count). The highest BCUT2D eigenvalue weighted by Crippen LogP contribution is 2.22. The van der Waals surface area contributed by atoms with E-state index in [2.05, 4.69) is 15.7 Å². The molecule has 0 radical (unpaired) electrons. The molecule has 2 heterocycles. The zero-order valence-electron chi connectivity index (χ0n) is 12.7. The van der Waals surface area contributed by atoms with Gasteiger partial charge in [-0.2, -0.15) is 5.10 Å². The first-order chi connectivity index (χ1) is 11.3. The number of carboxylic acid groups (broad SMARTS) is 1. The van der Waals surface area contributed by atoms with Gasteiger partial charge in [0.2, 0.25) is 0 Å². The fraction of sp³-hybridized carbons (Fsp3) is 0.133. The molecule has 24 heavy (non-hydrogen) atoms. The first kappa shape index (κ1) is 15.4. The van der Waals surface area contributed by atoms with Crippen LogP contribution in [0.4, 0.5) is 5.69 Å². The summed E-state index contributed by atoms with van der Waals surface area (Å²) < 4.78 is 1.34. The van der Waals surface area contributed by atoms with Crippen LogP contribution in [-0.2, 0) is 7.05 Å². The Kier molecular flexibility index (Phi) is 3.40. The summed E-state index contributed by atoms with van der Waals surface area (Å²) in [6.45, 7) is 1.61. The maximum atomic E-state index is 12.4. The van der Waals surface area contributed by atoms with Crippen molar-refractivity contribution >= 4 is 29.4 Å². The molecular weight excluding hydrogens is 316 g/mol. The summed E-state index contributed by atoms with van der Waals surface area (Å²) >= 11 is 0. The molecule has 0 fully saturated rings. The number of anilines is 1. The quantitative estimate of drug-likeness (QED) is 0.706. The number of rotatable bonds is 3. The minimum absolute atomic E-state index is 0.0797. The number of aromatic carboxylic acids is 1. The SMILES string of the molecule is Cc1c(NC(=O)c2ccc3c(c2)C(=O)NC3=O)c(C(=O)O)nn1C. The van der Waals surface area contributed by atoms with Gasteiger partial charge in [-0.1, -0.05) is 0 Å². The maximum Gasteiger partial charge on any atom is 0.358 e. The van der Waals surface area contributed by atoms with Gasteiger partial charge in [-0.3, -0.25) is 24.4 Å². The van der Waals surface area contributed by atoms with Crippen LogP contribution in [0.5, 0.6) is 0 Å². The number of benzene rings is 1. The van der Waals surface area contributed by atoms with Crippen molar-refractivity contribution in [1.29, 1.82) is 0 Å². The van der Waals surface area contributed by atoms with Crippen molar-refractivity contribution in [2.45, 2.75) is 6.92 Å². The molecule has 0 spiro atoms. The lowest BCUT2D eigenvalue weighted by molar-refractivity contribution is 0.0690. The summed E-state index contributed by atoms with van der Waals surface area (Å²) in [4.78, 5) is 46.8. The molecule has 1 aromatic heterocycles. The summed E-state index contributed by atoms with van der Waals surface area (Å²) in [5.74, 6) is -2.97. The van der Waals surface area contributed by atoms with Crippen molar-refractivity contribution in [3.63, 3.8) is 0 Å². The molecule has 1 aliphatic rings. The molecule has 0 unspecified atom stereocenters. The highest BCUT2D eigenvalue weighted by molar-refractivity contribution is 6.22. The Morgan fingerprint density at radius 2 is 1.88 bits per heavy atom. The zero-order valence-corrected chi connectivity index (χ0v) is 12.7. The third-order valence-electron chi connectivity index (χ3n) is 3.77. The Bertz CT molecular complexity index is 928. The van der Waals surface area contributed by atoms with Gasteiger partial charge in [0.1, 0.15) is 0 Å². The molecule has 9 heteroatoms. The molecule has 3 amide bonds. The van der Waals surface area contributed by atoms with Crippen molar-refractivity contribution in [3.05, 3.63) is 46.3 Å². The molecule has 2 aromatic rings. The van der Waals surface area contributed by atoms with Crippen LogP contribution in [0.2, 0.25) is 0 Å². The summed E-state index contributed by atoms with van der Waals surface area (Å²) in [5, 5.41) is 17.6. The number of imide groups is 1. The fourth-order valence-corrected chi connectivity index (χ4v) is 2.40. The lowest BCUT2D eigenvalue weighted by Gasteiger charge is -2.06. The molecule has 0 aliphatic carbocycles. The second-order valence-electron chi connectivity index (χ2n) is 5.24. The van der Waals surface area contributed by atoms with E-state index in [1.807, 2.05) is 0 Å². The van der Waals surface area contributed by atoms with Crippen molar-refractivity contribution in [3.8, 4) is 0 Å². The van der Waals surface area contributed by atoms with Gasteiger partial charge < -0.3 is 10.4 Å². The number of nitrogens with zero attached hydrogens (tertiary/aromatic N) is 2. The van der Waals surface area contributed by atoms with E-state index in [4.69, 9.17) is 5.11 Å². The van der Waals surface area contributed by atoms with Crippen LogP contribution in [0, 0.1) is 6.92 Å². The Morgan fingerprint density at radius 1 is 1.21 bits per heavy atom. The molecule has 0 saturated carbocycles. The molecule has 9 nitrogen and oxygen atoms in total. The van der Waals surface area contributed by atoms with Crippen molar-refractivity contribution in [2.75, 3.05) is 5.32 Å². The van der Waals surface area contributed by atoms with E-state index < -0.39 is 23.7 Å². The lowest BCUT2D eigenvalue weighted by atomic mass is 10.1. The second-order valence-corrected chi connectivity index (χ2v) is 5.24. The molecule has 122 valence electrons. The van der Waals surface area contributed by atoms with E-state index >= 15 is 0 Å². The summed E-state index contributed by atoms with van der Waals surface area (Å²) in [5.41, 5.74) is 0.691. The Labute approximate surface area is 135 Å². The lowest BCUT2D eigenvalue weighted by Crippen LogP contribution is -2.20. The number of aryl methyl sites for hydroxylation is 1. The first-order valence-corrected chi connectivity index (χ1v) is 6.87. The predicted octanol–water partition coefficient (Wildman–Crippen LogP) is 0.563. The smallest absolute Gasteiger partial charge is 0.358 e. The summed E-state index contributed by atoms with van der Waals surface area (Å²) in [7, 11) is 1.56. The average Bonchev–Trinajstić information content (AvgIpc) is 2.98. The third-order valence-corrected chi connectivity index (χ3v) is 3.77. The number of carbonyl (C=O) groups is 4. The first-order valence-electron chi connectivity index (χ1n) is 6.87. The van der Waals surface area contributed by atoms with Crippen molar-refractivity contribution in [2.24, 2.45) is 7.05 Å². The minimum Gasteiger partial charge on any atom is -0.476 e. The van der Waals surface area contributed by atoms with Crippen LogP contribution < -0.4 is 10.6 Å². The monoisotopic (exact) mass is 328 g/mol. The number of nitrogens with one attached hydrogen (secondary N) is 2. The van der Waals surface area contributed by atoms with Gasteiger partial charge in [0.05, 0.1) is 22.5 Å². The van der Waals surface area contributed by atoms with Crippen LogP contribution in [-0.4, -0.2) is 38.6 Å². The minimum atomic E-state index is -1.27. The van der Waals surface area contributed by atoms with E-state index in [1.165, 1.54) is 22.9 Å². The Hall–Kier alpha value is -3.49.